The number of nitrogens with one attached hydrogen (secondary N) is 1. The predicted molar refractivity (Wildman–Crippen MR) is 106 cm³/mol. The van der Waals surface area contributed by atoms with E-state index in [1.807, 2.05) is 47.9 Å². The van der Waals surface area contributed by atoms with E-state index in [0.717, 1.165) is 15.2 Å². The van der Waals surface area contributed by atoms with Gasteiger partial charge in [-0.15, -0.1) is 21.5 Å². The summed E-state index contributed by atoms with van der Waals surface area (Å²) in [4.78, 5) is 16.7. The van der Waals surface area contributed by atoms with E-state index in [9.17, 15) is 4.79 Å². The molecule has 3 aromatic heterocycles. The number of furan rings is 1. The average Bonchev–Trinajstić information content (AvgIpc) is 3.42. The summed E-state index contributed by atoms with van der Waals surface area (Å²) in [5, 5.41) is 12.9. The number of hydrogen-bond acceptors (Lipinski definition) is 7. The van der Waals surface area contributed by atoms with E-state index in [1.54, 1.807) is 17.6 Å². The van der Waals surface area contributed by atoms with Gasteiger partial charge in [0.1, 0.15) is 5.01 Å². The van der Waals surface area contributed by atoms with Crippen molar-refractivity contribution in [1.29, 1.82) is 0 Å². The minimum Gasteiger partial charge on any atom is -0.461 e. The maximum atomic E-state index is 12.2. The van der Waals surface area contributed by atoms with Crippen molar-refractivity contribution in [2.24, 2.45) is 0 Å². The summed E-state index contributed by atoms with van der Waals surface area (Å²) >= 11 is 2.95. The molecule has 138 valence electrons. The number of nitrogens with zero attached hydrogens (tertiary/aromatic N) is 4. The smallest absolute Gasteiger partial charge is 0.230 e. The molecule has 0 radical (unpaired) electrons. The van der Waals surface area contributed by atoms with Crippen LogP contribution in [0.15, 0.2) is 52.2 Å². The Labute approximate surface area is 163 Å². The Morgan fingerprint density at radius 2 is 2.15 bits per heavy atom. The number of carbonyl (C=O) groups excluding carboxylic acids is 1. The maximum absolute atomic E-state index is 12.2. The highest BCUT2D eigenvalue weighted by Crippen LogP contribution is 2.24. The van der Waals surface area contributed by atoms with Crippen molar-refractivity contribution in [3.63, 3.8) is 0 Å². The molecule has 9 heteroatoms. The van der Waals surface area contributed by atoms with Gasteiger partial charge in [-0.1, -0.05) is 23.9 Å². The Morgan fingerprint density at radius 1 is 1.26 bits per heavy atom. The van der Waals surface area contributed by atoms with Gasteiger partial charge in [-0.2, -0.15) is 0 Å². The highest BCUT2D eigenvalue weighted by Gasteiger charge is 2.16. The lowest BCUT2D eigenvalue weighted by atomic mass is 10.3. The summed E-state index contributed by atoms with van der Waals surface area (Å²) in [6.45, 7) is 3.13. The summed E-state index contributed by atoms with van der Waals surface area (Å²) in [6.07, 6.45) is 1.60. The second-order valence-corrected chi connectivity index (χ2v) is 7.73. The third-order valence-corrected chi connectivity index (χ3v) is 5.89. The van der Waals surface area contributed by atoms with Crippen LogP contribution in [-0.4, -0.2) is 31.4 Å². The quantitative estimate of drug-likeness (QED) is 0.478. The number of aromatic nitrogens is 4. The van der Waals surface area contributed by atoms with Crippen LogP contribution in [-0.2, 0) is 17.9 Å². The molecule has 1 amide bonds. The van der Waals surface area contributed by atoms with Crippen molar-refractivity contribution in [1.82, 2.24) is 25.1 Å². The van der Waals surface area contributed by atoms with Gasteiger partial charge in [0, 0.05) is 6.54 Å². The minimum atomic E-state index is -0.0653. The number of hydrogen-bond donors (Lipinski definition) is 1. The molecule has 0 bridgehead atoms. The first kappa shape index (κ1) is 17.7. The van der Waals surface area contributed by atoms with E-state index in [4.69, 9.17) is 4.42 Å². The van der Waals surface area contributed by atoms with Crippen molar-refractivity contribution in [2.45, 2.75) is 25.2 Å². The van der Waals surface area contributed by atoms with E-state index in [1.165, 1.54) is 11.8 Å². The van der Waals surface area contributed by atoms with Crippen LogP contribution in [0.2, 0.25) is 0 Å². The molecule has 0 unspecified atom stereocenters. The van der Waals surface area contributed by atoms with Crippen LogP contribution in [0.1, 0.15) is 11.9 Å². The molecule has 27 heavy (non-hydrogen) atoms. The topological polar surface area (TPSA) is 85.8 Å². The van der Waals surface area contributed by atoms with Crippen LogP contribution in [0, 0.1) is 0 Å². The van der Waals surface area contributed by atoms with E-state index >= 15 is 0 Å². The number of para-hydroxylation sites is 1. The fourth-order valence-electron chi connectivity index (χ4n) is 2.62. The summed E-state index contributed by atoms with van der Waals surface area (Å²) in [5.41, 5.74) is 0.961. The van der Waals surface area contributed by atoms with Gasteiger partial charge in [-0.25, -0.2) is 4.98 Å². The molecule has 0 aliphatic rings. The van der Waals surface area contributed by atoms with Crippen LogP contribution in [0.4, 0.5) is 0 Å². The van der Waals surface area contributed by atoms with Crippen molar-refractivity contribution in [3.05, 3.63) is 47.7 Å². The number of fused-ring (bicyclic) bond motifs is 1. The fraction of sp³-hybridized carbons (Fsp3) is 0.222. The van der Waals surface area contributed by atoms with Crippen LogP contribution in [0.25, 0.3) is 21.8 Å². The second kappa shape index (κ2) is 7.93. The lowest BCUT2D eigenvalue weighted by Crippen LogP contribution is -2.24. The zero-order valence-corrected chi connectivity index (χ0v) is 16.2. The first-order valence-electron chi connectivity index (χ1n) is 8.45. The van der Waals surface area contributed by atoms with Crippen LogP contribution < -0.4 is 5.32 Å². The van der Waals surface area contributed by atoms with Crippen molar-refractivity contribution >= 4 is 39.2 Å². The second-order valence-electron chi connectivity index (χ2n) is 5.67. The Bertz CT molecular complexity index is 1020. The molecule has 0 aliphatic heterocycles. The van der Waals surface area contributed by atoms with Gasteiger partial charge in [0.25, 0.3) is 0 Å². The highest BCUT2D eigenvalue weighted by molar-refractivity contribution is 7.99. The minimum absolute atomic E-state index is 0.0653. The Morgan fingerprint density at radius 3 is 2.93 bits per heavy atom. The molecule has 0 saturated heterocycles. The Kier molecular flexibility index (Phi) is 5.21. The van der Waals surface area contributed by atoms with Gasteiger partial charge in [0.2, 0.25) is 5.91 Å². The van der Waals surface area contributed by atoms with Crippen molar-refractivity contribution in [3.8, 4) is 11.6 Å². The molecule has 0 spiro atoms. The molecule has 0 atom stereocenters. The molecule has 4 aromatic rings. The SMILES string of the molecule is CCn1c(SCC(=O)NCc2nc3ccccc3s2)nnc1-c1ccco1. The first-order valence-corrected chi connectivity index (χ1v) is 10.3. The van der Waals surface area contributed by atoms with E-state index in [0.29, 0.717) is 29.8 Å². The third kappa shape index (κ3) is 3.88. The average molecular weight is 400 g/mol. The summed E-state index contributed by atoms with van der Waals surface area (Å²) in [7, 11) is 0. The molecule has 0 aliphatic carbocycles. The number of thioether (sulfide) groups is 1. The number of rotatable bonds is 7. The number of amides is 1. The monoisotopic (exact) mass is 399 g/mol. The van der Waals surface area contributed by atoms with Crippen LogP contribution in [0.5, 0.6) is 0 Å². The number of thiazole rings is 1. The van der Waals surface area contributed by atoms with Crippen LogP contribution in [0.3, 0.4) is 0 Å². The zero-order valence-electron chi connectivity index (χ0n) is 14.6. The van der Waals surface area contributed by atoms with Gasteiger partial charge in [-0.05, 0) is 31.2 Å². The van der Waals surface area contributed by atoms with Crippen LogP contribution >= 0.6 is 23.1 Å². The number of carbonyl (C=O) groups is 1. The van der Waals surface area contributed by atoms with Crippen molar-refractivity contribution < 1.29 is 9.21 Å². The Hall–Kier alpha value is -2.65. The predicted octanol–water partition coefficient (Wildman–Crippen LogP) is 3.58. The molecule has 0 saturated carbocycles. The largest absolute Gasteiger partial charge is 0.461 e. The van der Waals surface area contributed by atoms with Gasteiger partial charge in [-0.3, -0.25) is 9.36 Å². The fourth-order valence-corrected chi connectivity index (χ4v) is 4.36. The van der Waals surface area contributed by atoms with Gasteiger partial charge in [0.05, 0.1) is 28.8 Å². The zero-order chi connectivity index (χ0) is 18.6. The molecule has 3 heterocycles. The molecule has 1 aromatic carbocycles. The summed E-state index contributed by atoms with van der Waals surface area (Å²) in [6, 6.07) is 11.6. The molecule has 7 nitrogen and oxygen atoms in total. The third-order valence-electron chi connectivity index (χ3n) is 3.88. The van der Waals surface area contributed by atoms with E-state index in [-0.39, 0.29) is 11.7 Å². The van der Waals surface area contributed by atoms with Gasteiger partial charge < -0.3 is 9.73 Å². The molecule has 1 N–H and O–H groups in total. The summed E-state index contributed by atoms with van der Waals surface area (Å²) in [5.74, 6) is 1.53. The number of benzene rings is 1. The molecular formula is C18H17N5O2S2. The van der Waals surface area contributed by atoms with E-state index in [2.05, 4.69) is 20.5 Å². The Balaban J connectivity index is 1.35. The molecule has 0 fully saturated rings. The van der Waals surface area contributed by atoms with E-state index < -0.39 is 0 Å². The van der Waals surface area contributed by atoms with Crippen molar-refractivity contribution in [2.75, 3.05) is 5.75 Å². The standard InChI is InChI=1S/C18H17N5O2S2/c1-2-23-17(13-7-5-9-25-13)21-22-18(23)26-11-15(24)19-10-16-20-12-6-3-4-8-14(12)27-16/h3-9H,2,10-11H2,1H3,(H,19,24). The molecular weight excluding hydrogens is 382 g/mol. The normalized spacial score (nSPS) is 11.1. The lowest BCUT2D eigenvalue weighted by Gasteiger charge is -2.06. The maximum Gasteiger partial charge on any atom is 0.230 e. The molecule has 4 rings (SSSR count). The lowest BCUT2D eigenvalue weighted by molar-refractivity contribution is -0.118. The summed E-state index contributed by atoms with van der Waals surface area (Å²) < 4.78 is 8.45. The van der Waals surface area contributed by atoms with Gasteiger partial charge >= 0.3 is 0 Å². The first-order chi connectivity index (χ1) is 13.2. The highest BCUT2D eigenvalue weighted by atomic mass is 32.2. The van der Waals surface area contributed by atoms with Gasteiger partial charge in [0.15, 0.2) is 16.7 Å².